The van der Waals surface area contributed by atoms with Crippen molar-refractivity contribution in [3.05, 3.63) is 59.4 Å². The topological polar surface area (TPSA) is 103 Å². The molecule has 2 N–H and O–H groups in total. The Kier molecular flexibility index (Phi) is 6.88. The highest BCUT2D eigenvalue weighted by Gasteiger charge is 2.52. The molecule has 1 fully saturated rings. The number of allylic oxidation sites excluding steroid dienone is 2. The number of aliphatic hydroxyl groups excluding tert-OH is 1. The summed E-state index contributed by atoms with van der Waals surface area (Å²) in [5.41, 5.74) is 0.868. The minimum Gasteiger partial charge on any atom is -0.383 e. The number of aromatic nitrogens is 2. The van der Waals surface area contributed by atoms with Gasteiger partial charge in [0.2, 0.25) is 0 Å². The zero-order valence-electron chi connectivity index (χ0n) is 22.4. The standard InChI is InChI=1S/C28H36FN5O3/c1-17(2)20(13-21(30)18-7-9-19(29)10-8-18)24-31-15-22-25(36)33-12-11-32(16-28(33,6)34(22)24)26(37)23(35)14-27(3,4)5/h7-10,13,15,17,23,30,35H,11-12,14,16H2,1-6H3. The van der Waals surface area contributed by atoms with Crippen LogP contribution in [0.1, 0.15) is 69.8 Å². The first kappa shape index (κ1) is 26.7. The van der Waals surface area contributed by atoms with Crippen LogP contribution in [-0.2, 0) is 10.5 Å². The zero-order chi connectivity index (χ0) is 27.3. The van der Waals surface area contributed by atoms with Gasteiger partial charge in [0.15, 0.2) is 0 Å². The smallest absolute Gasteiger partial charge is 0.274 e. The highest BCUT2D eigenvalue weighted by molar-refractivity contribution is 6.10. The molecule has 3 heterocycles. The van der Waals surface area contributed by atoms with E-state index in [2.05, 4.69) is 4.98 Å². The quantitative estimate of drug-likeness (QED) is 0.577. The Morgan fingerprint density at radius 2 is 1.89 bits per heavy atom. The third-order valence-electron chi connectivity index (χ3n) is 7.11. The van der Waals surface area contributed by atoms with Crippen LogP contribution in [0.15, 0.2) is 36.5 Å². The average Bonchev–Trinajstić information content (AvgIpc) is 3.34. The Hall–Kier alpha value is -3.33. The molecular formula is C28H36FN5O3. The third kappa shape index (κ3) is 4.97. The zero-order valence-corrected chi connectivity index (χ0v) is 22.4. The normalized spacial score (nSPS) is 20.8. The van der Waals surface area contributed by atoms with Gasteiger partial charge in [-0.25, -0.2) is 9.37 Å². The van der Waals surface area contributed by atoms with Crippen LogP contribution >= 0.6 is 0 Å². The summed E-state index contributed by atoms with van der Waals surface area (Å²) in [7, 11) is 0. The highest BCUT2D eigenvalue weighted by Crippen LogP contribution is 2.40. The maximum Gasteiger partial charge on any atom is 0.274 e. The molecule has 1 saturated heterocycles. The summed E-state index contributed by atoms with van der Waals surface area (Å²) < 4.78 is 15.3. The number of rotatable bonds is 6. The molecule has 2 aliphatic rings. The highest BCUT2D eigenvalue weighted by atomic mass is 19.1. The number of piperazine rings is 1. The van der Waals surface area contributed by atoms with E-state index in [-0.39, 0.29) is 41.2 Å². The van der Waals surface area contributed by atoms with Gasteiger partial charge in [-0.3, -0.25) is 14.2 Å². The number of hydrogen-bond acceptors (Lipinski definition) is 5. The molecule has 2 amide bonds. The summed E-state index contributed by atoms with van der Waals surface area (Å²) in [5.74, 6) is -0.336. The minimum atomic E-state index is -1.11. The van der Waals surface area contributed by atoms with Crippen LogP contribution in [0.4, 0.5) is 4.39 Å². The van der Waals surface area contributed by atoms with Gasteiger partial charge < -0.3 is 20.3 Å². The van der Waals surface area contributed by atoms with E-state index >= 15 is 0 Å². The number of carbonyl (C=O) groups is 2. The maximum absolute atomic E-state index is 13.4. The summed E-state index contributed by atoms with van der Waals surface area (Å²) in [6, 6.07) is 5.75. The van der Waals surface area contributed by atoms with Gasteiger partial charge in [0.1, 0.15) is 29.1 Å². The van der Waals surface area contributed by atoms with Gasteiger partial charge in [-0.05, 0) is 66.2 Å². The molecule has 1 aromatic carbocycles. The first-order chi connectivity index (χ1) is 17.2. The van der Waals surface area contributed by atoms with E-state index < -0.39 is 11.8 Å². The van der Waals surface area contributed by atoms with E-state index in [4.69, 9.17) is 5.41 Å². The molecule has 1 aromatic heterocycles. The van der Waals surface area contributed by atoms with Crippen LogP contribution < -0.4 is 0 Å². The number of hydrogen-bond donors (Lipinski definition) is 2. The molecule has 0 aliphatic carbocycles. The number of nitrogens with zero attached hydrogens (tertiary/aromatic N) is 4. The number of halogens is 1. The first-order valence-corrected chi connectivity index (χ1v) is 12.7. The molecule has 2 aromatic rings. The molecular weight excluding hydrogens is 473 g/mol. The Bertz CT molecular complexity index is 1260. The molecule has 2 unspecified atom stereocenters. The van der Waals surface area contributed by atoms with Gasteiger partial charge in [0, 0.05) is 13.1 Å². The number of carbonyl (C=O) groups excluding carboxylic acids is 2. The number of fused-ring (bicyclic) bond motifs is 3. The van der Waals surface area contributed by atoms with Gasteiger partial charge in [-0.15, -0.1) is 0 Å². The van der Waals surface area contributed by atoms with Crippen LogP contribution in [0.3, 0.4) is 0 Å². The second-order valence-electron chi connectivity index (χ2n) is 11.7. The molecule has 0 radical (unpaired) electrons. The second-order valence-corrected chi connectivity index (χ2v) is 11.7. The van der Waals surface area contributed by atoms with E-state index in [1.807, 2.05) is 46.1 Å². The van der Waals surface area contributed by atoms with Gasteiger partial charge >= 0.3 is 0 Å². The van der Waals surface area contributed by atoms with E-state index in [9.17, 15) is 19.1 Å². The van der Waals surface area contributed by atoms with Crippen LogP contribution in [-0.4, -0.2) is 67.7 Å². The molecule has 4 rings (SSSR count). The average molecular weight is 510 g/mol. The van der Waals surface area contributed by atoms with Gasteiger partial charge in [0.25, 0.3) is 11.8 Å². The molecule has 2 aliphatic heterocycles. The van der Waals surface area contributed by atoms with Crippen molar-refractivity contribution in [3.8, 4) is 0 Å². The van der Waals surface area contributed by atoms with Gasteiger partial charge in [-0.1, -0.05) is 34.6 Å². The van der Waals surface area contributed by atoms with E-state index in [1.54, 1.807) is 34.2 Å². The monoisotopic (exact) mass is 509 g/mol. The third-order valence-corrected chi connectivity index (χ3v) is 7.11. The number of amides is 2. The van der Waals surface area contributed by atoms with Gasteiger partial charge in [0.05, 0.1) is 18.5 Å². The van der Waals surface area contributed by atoms with E-state index in [0.29, 0.717) is 36.6 Å². The van der Waals surface area contributed by atoms with Crippen LogP contribution in [0, 0.1) is 22.6 Å². The lowest BCUT2D eigenvalue weighted by atomic mass is 9.88. The summed E-state index contributed by atoms with van der Waals surface area (Å²) in [4.78, 5) is 34.5. The van der Waals surface area contributed by atoms with Crippen molar-refractivity contribution in [3.63, 3.8) is 0 Å². The summed E-state index contributed by atoms with van der Waals surface area (Å²) in [6.07, 6.45) is 2.49. The molecule has 8 nitrogen and oxygen atoms in total. The fraction of sp³-hybridized carbons (Fsp3) is 0.500. The lowest BCUT2D eigenvalue weighted by molar-refractivity contribution is -0.148. The number of aliphatic hydroxyl groups is 1. The number of nitrogens with one attached hydrogen (secondary N) is 1. The molecule has 198 valence electrons. The fourth-order valence-electron chi connectivity index (χ4n) is 5.26. The lowest BCUT2D eigenvalue weighted by Gasteiger charge is -2.46. The number of benzene rings is 1. The second kappa shape index (κ2) is 9.52. The fourth-order valence-corrected chi connectivity index (χ4v) is 5.26. The Balaban J connectivity index is 1.70. The van der Waals surface area contributed by atoms with Crippen LogP contribution in [0.25, 0.3) is 5.57 Å². The summed E-state index contributed by atoms with van der Waals surface area (Å²) in [6.45, 7) is 12.7. The van der Waals surface area contributed by atoms with E-state index in [0.717, 1.165) is 5.57 Å². The summed E-state index contributed by atoms with van der Waals surface area (Å²) >= 11 is 0. The molecule has 0 spiro atoms. The predicted molar refractivity (Wildman–Crippen MR) is 140 cm³/mol. The molecule has 37 heavy (non-hydrogen) atoms. The van der Waals surface area contributed by atoms with E-state index in [1.165, 1.54) is 12.1 Å². The van der Waals surface area contributed by atoms with Crippen molar-refractivity contribution >= 4 is 23.1 Å². The minimum absolute atomic E-state index is 0.0324. The lowest BCUT2D eigenvalue weighted by Crippen LogP contribution is -2.62. The molecule has 0 bridgehead atoms. The van der Waals surface area contributed by atoms with Crippen LogP contribution in [0.2, 0.25) is 0 Å². The van der Waals surface area contributed by atoms with Crippen molar-refractivity contribution < 1.29 is 19.1 Å². The van der Waals surface area contributed by atoms with Crippen molar-refractivity contribution in [2.45, 2.75) is 59.7 Å². The first-order valence-electron chi connectivity index (χ1n) is 12.7. The molecule has 2 atom stereocenters. The Morgan fingerprint density at radius 3 is 2.49 bits per heavy atom. The van der Waals surface area contributed by atoms with Crippen LogP contribution in [0.5, 0.6) is 0 Å². The van der Waals surface area contributed by atoms with Crippen molar-refractivity contribution in [2.24, 2.45) is 11.3 Å². The largest absolute Gasteiger partial charge is 0.383 e. The Labute approximate surface area is 217 Å². The van der Waals surface area contributed by atoms with Gasteiger partial charge in [-0.2, -0.15) is 0 Å². The maximum atomic E-state index is 13.4. The molecule has 0 saturated carbocycles. The van der Waals surface area contributed by atoms with Crippen molar-refractivity contribution in [1.29, 1.82) is 5.41 Å². The van der Waals surface area contributed by atoms with Crippen molar-refractivity contribution in [2.75, 3.05) is 19.6 Å². The SMILES string of the molecule is CC(C)C(=CC(=N)c1ccc(F)cc1)c1ncc2n1C1(C)CN(C(=O)C(O)CC(C)(C)C)CCN1C2=O. The number of imidazole rings is 1. The molecule has 9 heteroatoms. The Morgan fingerprint density at radius 1 is 1.24 bits per heavy atom. The predicted octanol–water partition coefficient (Wildman–Crippen LogP) is 3.90. The van der Waals surface area contributed by atoms with Crippen molar-refractivity contribution in [1.82, 2.24) is 19.4 Å². The summed E-state index contributed by atoms with van der Waals surface area (Å²) in [5, 5.41) is 19.2.